The lowest BCUT2D eigenvalue weighted by Crippen LogP contribution is -2.25. The maximum atomic E-state index is 11.8. The number of hydrogen-bond acceptors (Lipinski definition) is 5. The zero-order chi connectivity index (χ0) is 12.5. The van der Waals surface area contributed by atoms with Crippen molar-refractivity contribution in [2.45, 2.75) is 11.8 Å². The second-order valence-electron chi connectivity index (χ2n) is 2.93. The number of carboxylic acids is 1. The lowest BCUT2D eigenvalue weighted by molar-refractivity contribution is -0.0258. The van der Waals surface area contributed by atoms with Gasteiger partial charge < -0.3 is 5.11 Å². The molecule has 6 nitrogen and oxygen atoms in total. The minimum Gasteiger partial charge on any atom is -0.477 e. The van der Waals surface area contributed by atoms with Gasteiger partial charge in [0, 0.05) is 11.9 Å². The number of hydrogen-bond donors (Lipinski definition) is 1. The summed E-state index contributed by atoms with van der Waals surface area (Å²) in [5, 5.41) is 8.75. The molecule has 0 atom stereocenters. The van der Waals surface area contributed by atoms with Crippen LogP contribution in [0.1, 0.15) is 14.5 Å². The number of aromatic carboxylic acids is 1. The molecule has 90 valence electrons. The SMILES string of the molecule is CON(C)S(=O)(=O)c1cc(C(=O)O)sc1C. The third kappa shape index (κ3) is 2.24. The highest BCUT2D eigenvalue weighted by molar-refractivity contribution is 7.89. The fourth-order valence-electron chi connectivity index (χ4n) is 1.06. The highest BCUT2D eigenvalue weighted by Gasteiger charge is 2.26. The van der Waals surface area contributed by atoms with E-state index in [1.165, 1.54) is 14.2 Å². The molecule has 1 aromatic rings. The Balaban J connectivity index is 3.29. The van der Waals surface area contributed by atoms with Crippen LogP contribution in [0.25, 0.3) is 0 Å². The molecule has 0 aliphatic carbocycles. The fourth-order valence-corrected chi connectivity index (χ4v) is 3.44. The fraction of sp³-hybridized carbons (Fsp3) is 0.375. The summed E-state index contributed by atoms with van der Waals surface area (Å²) in [5.41, 5.74) is 0. The van der Waals surface area contributed by atoms with Gasteiger partial charge in [-0.05, 0) is 13.0 Å². The summed E-state index contributed by atoms with van der Waals surface area (Å²) in [6, 6.07) is 1.13. The summed E-state index contributed by atoms with van der Waals surface area (Å²) >= 11 is 0.916. The Morgan fingerprint density at radius 2 is 2.12 bits per heavy atom. The molecule has 16 heavy (non-hydrogen) atoms. The van der Waals surface area contributed by atoms with E-state index in [2.05, 4.69) is 4.84 Å². The van der Waals surface area contributed by atoms with E-state index in [-0.39, 0.29) is 9.77 Å². The molecule has 1 rings (SSSR count). The van der Waals surface area contributed by atoms with Crippen LogP contribution >= 0.6 is 11.3 Å². The Morgan fingerprint density at radius 1 is 1.56 bits per heavy atom. The summed E-state index contributed by atoms with van der Waals surface area (Å²) in [7, 11) is -1.31. The second kappa shape index (κ2) is 4.50. The average molecular weight is 265 g/mol. The molecule has 1 aromatic heterocycles. The van der Waals surface area contributed by atoms with Crippen LogP contribution in [-0.4, -0.2) is 38.1 Å². The first-order valence-electron chi connectivity index (χ1n) is 4.17. The van der Waals surface area contributed by atoms with Crippen molar-refractivity contribution in [2.24, 2.45) is 0 Å². The highest BCUT2D eigenvalue weighted by atomic mass is 32.2. The Labute approximate surface area is 97.1 Å². The van der Waals surface area contributed by atoms with Gasteiger partial charge >= 0.3 is 5.97 Å². The van der Waals surface area contributed by atoms with Gasteiger partial charge in [0.05, 0.1) is 12.0 Å². The summed E-state index contributed by atoms with van der Waals surface area (Å²) in [6.07, 6.45) is 0. The molecule has 0 bridgehead atoms. The van der Waals surface area contributed by atoms with E-state index in [1.54, 1.807) is 6.92 Å². The first-order chi connectivity index (χ1) is 7.30. The molecule has 1 N–H and O–H groups in total. The predicted molar refractivity (Wildman–Crippen MR) is 58.0 cm³/mol. The van der Waals surface area contributed by atoms with Crippen molar-refractivity contribution in [1.29, 1.82) is 0 Å². The van der Waals surface area contributed by atoms with Crippen molar-refractivity contribution in [1.82, 2.24) is 4.47 Å². The highest BCUT2D eigenvalue weighted by Crippen LogP contribution is 2.27. The van der Waals surface area contributed by atoms with Gasteiger partial charge in [-0.3, -0.25) is 4.84 Å². The van der Waals surface area contributed by atoms with Crippen LogP contribution in [-0.2, 0) is 14.9 Å². The number of hydroxylamine groups is 1. The number of thiophene rings is 1. The molecule has 0 saturated heterocycles. The molecular weight excluding hydrogens is 254 g/mol. The summed E-state index contributed by atoms with van der Waals surface area (Å²) in [4.78, 5) is 15.7. The first-order valence-corrected chi connectivity index (χ1v) is 6.43. The summed E-state index contributed by atoms with van der Waals surface area (Å²) in [6.45, 7) is 1.55. The van der Waals surface area contributed by atoms with Gasteiger partial charge in [-0.1, -0.05) is 4.47 Å². The Hall–Kier alpha value is -0.960. The van der Waals surface area contributed by atoms with Gasteiger partial charge in [0.2, 0.25) is 0 Å². The molecule has 0 radical (unpaired) electrons. The normalized spacial score (nSPS) is 12.0. The van der Waals surface area contributed by atoms with E-state index in [0.717, 1.165) is 17.4 Å². The topological polar surface area (TPSA) is 83.9 Å². The number of carbonyl (C=O) groups is 1. The number of nitrogens with zero attached hydrogens (tertiary/aromatic N) is 1. The molecule has 0 aromatic carbocycles. The second-order valence-corrected chi connectivity index (χ2v) is 6.09. The summed E-state index contributed by atoms with van der Waals surface area (Å²) in [5.74, 6) is -1.14. The van der Waals surface area contributed by atoms with Crippen molar-refractivity contribution in [3.63, 3.8) is 0 Å². The van der Waals surface area contributed by atoms with Crippen molar-refractivity contribution in [2.75, 3.05) is 14.2 Å². The molecule has 0 fully saturated rings. The number of carboxylic acid groups (broad SMARTS) is 1. The van der Waals surface area contributed by atoms with Crippen LogP contribution in [0.5, 0.6) is 0 Å². The molecule has 0 aliphatic rings. The molecule has 0 spiro atoms. The lowest BCUT2D eigenvalue weighted by Gasteiger charge is -2.13. The van der Waals surface area contributed by atoms with Crippen molar-refractivity contribution in [3.05, 3.63) is 15.8 Å². The molecule has 0 saturated carbocycles. The largest absolute Gasteiger partial charge is 0.477 e. The standard InChI is InChI=1S/C8H11NO5S2/c1-5-7(4-6(15-5)8(10)11)16(12,13)9(2)14-3/h4H,1-3H3,(H,10,11). The third-order valence-electron chi connectivity index (χ3n) is 1.96. The van der Waals surface area contributed by atoms with E-state index in [0.29, 0.717) is 9.35 Å². The van der Waals surface area contributed by atoms with Crippen molar-refractivity contribution >= 4 is 27.3 Å². The van der Waals surface area contributed by atoms with Crippen LogP contribution in [0.15, 0.2) is 11.0 Å². The van der Waals surface area contributed by atoms with Gasteiger partial charge in [-0.2, -0.15) is 0 Å². The van der Waals surface area contributed by atoms with Crippen LogP contribution < -0.4 is 0 Å². The van der Waals surface area contributed by atoms with Gasteiger partial charge in [0.25, 0.3) is 10.0 Å². The van der Waals surface area contributed by atoms with E-state index in [1.807, 2.05) is 0 Å². The Bertz CT molecular complexity index is 504. The zero-order valence-corrected chi connectivity index (χ0v) is 10.6. The van der Waals surface area contributed by atoms with Crippen molar-refractivity contribution < 1.29 is 23.2 Å². The van der Waals surface area contributed by atoms with Crippen LogP contribution in [0.2, 0.25) is 0 Å². The van der Waals surface area contributed by atoms with Crippen molar-refractivity contribution in [3.8, 4) is 0 Å². The minimum absolute atomic E-state index is 0.0134. The zero-order valence-electron chi connectivity index (χ0n) is 8.92. The van der Waals surface area contributed by atoms with Crippen LogP contribution in [0.3, 0.4) is 0 Å². The molecule has 1 heterocycles. The number of sulfonamides is 1. The van der Waals surface area contributed by atoms with Gasteiger partial charge in [0.15, 0.2) is 0 Å². The van der Waals surface area contributed by atoms with Gasteiger partial charge in [0.1, 0.15) is 4.88 Å². The van der Waals surface area contributed by atoms with E-state index in [9.17, 15) is 13.2 Å². The molecule has 0 unspecified atom stereocenters. The van der Waals surface area contributed by atoms with Crippen LogP contribution in [0.4, 0.5) is 0 Å². The third-order valence-corrected chi connectivity index (χ3v) is 4.93. The monoisotopic (exact) mass is 265 g/mol. The maximum absolute atomic E-state index is 11.8. The number of rotatable bonds is 4. The van der Waals surface area contributed by atoms with Crippen LogP contribution in [0, 0.1) is 6.92 Å². The Kier molecular flexibility index (Phi) is 3.68. The summed E-state index contributed by atoms with van der Waals surface area (Å²) < 4.78 is 24.4. The van der Waals surface area contributed by atoms with Gasteiger partial charge in [-0.25, -0.2) is 13.2 Å². The first kappa shape index (κ1) is 13.1. The van der Waals surface area contributed by atoms with Gasteiger partial charge in [-0.15, -0.1) is 11.3 Å². The molecule has 0 amide bonds. The van der Waals surface area contributed by atoms with E-state index in [4.69, 9.17) is 5.11 Å². The Morgan fingerprint density at radius 3 is 2.50 bits per heavy atom. The molecular formula is C8H11NO5S2. The minimum atomic E-state index is -3.77. The smallest absolute Gasteiger partial charge is 0.345 e. The quantitative estimate of drug-likeness (QED) is 0.819. The molecule has 0 aliphatic heterocycles. The average Bonchev–Trinajstić information content (AvgIpc) is 2.59. The van der Waals surface area contributed by atoms with E-state index >= 15 is 0 Å². The molecule has 8 heteroatoms. The number of aryl methyl sites for hydroxylation is 1. The predicted octanol–water partition coefficient (Wildman–Crippen LogP) is 0.937. The maximum Gasteiger partial charge on any atom is 0.345 e. The van der Waals surface area contributed by atoms with E-state index < -0.39 is 16.0 Å². The lowest BCUT2D eigenvalue weighted by atomic mass is 10.4.